The molecule has 0 atom stereocenters. The fourth-order valence-electron chi connectivity index (χ4n) is 2.57. The molecule has 1 saturated heterocycles. The summed E-state index contributed by atoms with van der Waals surface area (Å²) in [5.41, 5.74) is 7.43. The highest BCUT2D eigenvalue weighted by Crippen LogP contribution is 2.11. The Kier molecular flexibility index (Phi) is 3.15. The van der Waals surface area contributed by atoms with Crippen LogP contribution in [-0.4, -0.2) is 39.1 Å². The number of hydrogen-bond donors (Lipinski definition) is 1. The molecule has 0 spiro atoms. The first-order valence-electron chi connectivity index (χ1n) is 6.64. The van der Waals surface area contributed by atoms with E-state index >= 15 is 0 Å². The number of nitrogens with two attached hydrogens (primary N) is 1. The van der Waals surface area contributed by atoms with Gasteiger partial charge < -0.3 is 10.6 Å². The van der Waals surface area contributed by atoms with Gasteiger partial charge in [-0.3, -0.25) is 4.40 Å². The molecule has 2 aromatic rings. The molecule has 2 aromatic heterocycles. The number of aromatic nitrogens is 3. The summed E-state index contributed by atoms with van der Waals surface area (Å²) in [5, 5.41) is 8.41. The van der Waals surface area contributed by atoms with E-state index in [1.165, 1.54) is 32.4 Å². The second-order valence-corrected chi connectivity index (χ2v) is 4.96. The fourth-order valence-corrected chi connectivity index (χ4v) is 2.57. The lowest BCUT2D eigenvalue weighted by Gasteiger charge is -2.25. The highest BCUT2D eigenvalue weighted by atomic mass is 15.2. The van der Waals surface area contributed by atoms with Crippen molar-refractivity contribution in [1.82, 2.24) is 19.5 Å². The van der Waals surface area contributed by atoms with Gasteiger partial charge in [-0.2, -0.15) is 0 Å². The number of pyridine rings is 1. The van der Waals surface area contributed by atoms with Crippen molar-refractivity contribution in [2.75, 3.05) is 25.4 Å². The molecule has 0 aliphatic carbocycles. The van der Waals surface area contributed by atoms with Gasteiger partial charge in [0.05, 0.1) is 0 Å². The molecular weight excluding hydrogens is 226 g/mol. The van der Waals surface area contributed by atoms with E-state index < -0.39 is 0 Å². The van der Waals surface area contributed by atoms with E-state index in [2.05, 4.69) is 15.1 Å². The van der Waals surface area contributed by atoms with Gasteiger partial charge in [0, 0.05) is 24.8 Å². The van der Waals surface area contributed by atoms with E-state index in [0.717, 1.165) is 30.1 Å². The first kappa shape index (κ1) is 11.5. The van der Waals surface area contributed by atoms with Gasteiger partial charge in [-0.05, 0) is 38.1 Å². The summed E-state index contributed by atoms with van der Waals surface area (Å²) in [4.78, 5) is 2.51. The van der Waals surface area contributed by atoms with Gasteiger partial charge in [0.25, 0.3) is 0 Å². The zero-order valence-electron chi connectivity index (χ0n) is 10.5. The van der Waals surface area contributed by atoms with Crippen LogP contribution in [0.1, 0.15) is 25.1 Å². The standard InChI is InChI=1S/C13H19N5/c14-11-4-5-12-15-16-13(18(12)10-11)6-9-17-7-2-1-3-8-17/h4-5,10H,1-3,6-9,14H2. The van der Waals surface area contributed by atoms with Gasteiger partial charge in [-0.15, -0.1) is 10.2 Å². The highest BCUT2D eigenvalue weighted by Gasteiger charge is 2.12. The van der Waals surface area contributed by atoms with E-state index in [-0.39, 0.29) is 0 Å². The number of fused-ring (bicyclic) bond motifs is 1. The van der Waals surface area contributed by atoms with Crippen LogP contribution in [0, 0.1) is 0 Å². The minimum Gasteiger partial charge on any atom is -0.398 e. The SMILES string of the molecule is Nc1ccc2nnc(CCN3CCCCC3)n2c1. The predicted octanol–water partition coefficient (Wildman–Crippen LogP) is 1.34. The molecule has 3 heterocycles. The fraction of sp³-hybridized carbons (Fsp3) is 0.538. The highest BCUT2D eigenvalue weighted by molar-refractivity contribution is 5.47. The summed E-state index contributed by atoms with van der Waals surface area (Å²) in [5.74, 6) is 1.00. The Hall–Kier alpha value is -1.62. The average Bonchev–Trinajstić information content (AvgIpc) is 2.80. The third kappa shape index (κ3) is 2.31. The largest absolute Gasteiger partial charge is 0.398 e. The van der Waals surface area contributed by atoms with Gasteiger partial charge >= 0.3 is 0 Å². The molecule has 96 valence electrons. The van der Waals surface area contributed by atoms with E-state index in [1.54, 1.807) is 0 Å². The van der Waals surface area contributed by atoms with Crippen molar-refractivity contribution in [3.63, 3.8) is 0 Å². The second-order valence-electron chi connectivity index (χ2n) is 4.96. The van der Waals surface area contributed by atoms with Gasteiger partial charge in [0.15, 0.2) is 5.65 Å². The van der Waals surface area contributed by atoms with Crippen molar-refractivity contribution >= 4 is 11.3 Å². The number of rotatable bonds is 3. The maximum atomic E-state index is 5.80. The molecule has 1 fully saturated rings. The first-order valence-corrected chi connectivity index (χ1v) is 6.64. The number of anilines is 1. The van der Waals surface area contributed by atoms with Crippen molar-refractivity contribution in [3.05, 3.63) is 24.2 Å². The predicted molar refractivity (Wildman–Crippen MR) is 71.4 cm³/mol. The third-order valence-electron chi connectivity index (χ3n) is 3.60. The topological polar surface area (TPSA) is 59.5 Å². The molecule has 2 N–H and O–H groups in total. The number of hydrogen-bond acceptors (Lipinski definition) is 4. The first-order chi connectivity index (χ1) is 8.83. The normalized spacial score (nSPS) is 17.3. The second kappa shape index (κ2) is 4.94. The molecule has 18 heavy (non-hydrogen) atoms. The van der Waals surface area contributed by atoms with Crippen LogP contribution in [0.15, 0.2) is 18.3 Å². The molecule has 0 amide bonds. The Morgan fingerprint density at radius 3 is 2.78 bits per heavy atom. The van der Waals surface area contributed by atoms with E-state index in [1.807, 2.05) is 22.7 Å². The Labute approximate surface area is 107 Å². The Morgan fingerprint density at radius 2 is 1.94 bits per heavy atom. The van der Waals surface area contributed by atoms with Crippen LogP contribution in [0.2, 0.25) is 0 Å². The van der Waals surface area contributed by atoms with Crippen LogP contribution in [0.25, 0.3) is 5.65 Å². The van der Waals surface area contributed by atoms with Gasteiger partial charge in [0.2, 0.25) is 0 Å². The molecule has 0 bridgehead atoms. The molecule has 1 aliphatic rings. The van der Waals surface area contributed by atoms with Crippen molar-refractivity contribution in [3.8, 4) is 0 Å². The molecule has 0 radical (unpaired) electrons. The summed E-state index contributed by atoms with van der Waals surface area (Å²) >= 11 is 0. The molecule has 5 heteroatoms. The van der Waals surface area contributed by atoms with E-state index in [9.17, 15) is 0 Å². The Morgan fingerprint density at radius 1 is 1.11 bits per heavy atom. The third-order valence-corrected chi connectivity index (χ3v) is 3.60. The van der Waals surface area contributed by atoms with Crippen LogP contribution < -0.4 is 5.73 Å². The smallest absolute Gasteiger partial charge is 0.160 e. The van der Waals surface area contributed by atoms with E-state index in [4.69, 9.17) is 5.73 Å². The van der Waals surface area contributed by atoms with Gasteiger partial charge in [-0.1, -0.05) is 6.42 Å². The summed E-state index contributed by atoms with van der Waals surface area (Å²) in [7, 11) is 0. The minimum absolute atomic E-state index is 0.751. The zero-order valence-corrected chi connectivity index (χ0v) is 10.5. The lowest BCUT2D eigenvalue weighted by atomic mass is 10.1. The van der Waals surface area contributed by atoms with Crippen molar-refractivity contribution in [1.29, 1.82) is 0 Å². The number of likely N-dealkylation sites (tertiary alicyclic amines) is 1. The van der Waals surface area contributed by atoms with Crippen LogP contribution in [-0.2, 0) is 6.42 Å². The maximum Gasteiger partial charge on any atom is 0.160 e. The lowest BCUT2D eigenvalue weighted by Crippen LogP contribution is -2.31. The molecule has 0 unspecified atom stereocenters. The Balaban J connectivity index is 1.72. The van der Waals surface area contributed by atoms with Crippen LogP contribution in [0.3, 0.4) is 0 Å². The van der Waals surface area contributed by atoms with Crippen LogP contribution in [0.4, 0.5) is 5.69 Å². The zero-order chi connectivity index (χ0) is 12.4. The lowest BCUT2D eigenvalue weighted by molar-refractivity contribution is 0.230. The number of nitrogens with zero attached hydrogens (tertiary/aromatic N) is 4. The maximum absolute atomic E-state index is 5.80. The average molecular weight is 245 g/mol. The molecule has 5 nitrogen and oxygen atoms in total. The monoisotopic (exact) mass is 245 g/mol. The van der Waals surface area contributed by atoms with E-state index in [0.29, 0.717) is 0 Å². The summed E-state index contributed by atoms with van der Waals surface area (Å²) < 4.78 is 2.00. The molecular formula is C13H19N5. The van der Waals surface area contributed by atoms with Crippen molar-refractivity contribution in [2.24, 2.45) is 0 Å². The quantitative estimate of drug-likeness (QED) is 0.886. The van der Waals surface area contributed by atoms with Crippen molar-refractivity contribution < 1.29 is 0 Å². The molecule has 0 aromatic carbocycles. The van der Waals surface area contributed by atoms with Gasteiger partial charge in [0.1, 0.15) is 5.82 Å². The number of nitrogen functional groups attached to an aromatic ring is 1. The summed E-state index contributed by atoms with van der Waals surface area (Å²) in [6.07, 6.45) is 6.87. The molecule has 1 aliphatic heterocycles. The summed E-state index contributed by atoms with van der Waals surface area (Å²) in [6, 6.07) is 3.77. The van der Waals surface area contributed by atoms with Gasteiger partial charge in [-0.25, -0.2) is 0 Å². The van der Waals surface area contributed by atoms with Crippen molar-refractivity contribution in [2.45, 2.75) is 25.7 Å². The van der Waals surface area contributed by atoms with Crippen LogP contribution in [0.5, 0.6) is 0 Å². The Bertz CT molecular complexity index is 527. The number of piperidine rings is 1. The van der Waals surface area contributed by atoms with Crippen LogP contribution >= 0.6 is 0 Å². The summed E-state index contributed by atoms with van der Waals surface area (Å²) in [6.45, 7) is 3.51. The molecule has 0 saturated carbocycles. The minimum atomic E-state index is 0.751. The molecule has 3 rings (SSSR count).